The highest BCUT2D eigenvalue weighted by molar-refractivity contribution is 5.98. The van der Waals surface area contributed by atoms with Gasteiger partial charge in [-0.25, -0.2) is 0 Å². The smallest absolute Gasteiger partial charge is 0.324 e. The molecule has 0 aromatic rings. The number of ether oxygens (including phenoxy) is 2. The third kappa shape index (κ3) is 3.08. The van der Waals surface area contributed by atoms with E-state index in [1.54, 1.807) is 13.8 Å². The molecular weight excluding hydrogens is 208 g/mol. The van der Waals surface area contributed by atoms with E-state index in [1.807, 2.05) is 6.08 Å². The summed E-state index contributed by atoms with van der Waals surface area (Å²) >= 11 is 0. The summed E-state index contributed by atoms with van der Waals surface area (Å²) in [5.74, 6) is -1.83. The first-order valence-corrected chi connectivity index (χ1v) is 5.72. The molecule has 0 N–H and O–H groups in total. The minimum Gasteiger partial charge on any atom is -0.465 e. The van der Waals surface area contributed by atoms with Crippen LogP contribution in [0, 0.1) is 5.92 Å². The molecule has 0 radical (unpaired) electrons. The van der Waals surface area contributed by atoms with Crippen molar-refractivity contribution in [3.8, 4) is 0 Å². The molecule has 0 spiro atoms. The average molecular weight is 226 g/mol. The summed E-state index contributed by atoms with van der Waals surface area (Å²) in [6, 6.07) is 0. The molecule has 0 amide bonds. The first kappa shape index (κ1) is 12.7. The maximum atomic E-state index is 11.7. The maximum absolute atomic E-state index is 11.7. The average Bonchev–Trinajstić information content (AvgIpc) is 2.72. The zero-order valence-corrected chi connectivity index (χ0v) is 9.82. The fraction of sp³-hybridized carbons (Fsp3) is 0.667. The van der Waals surface area contributed by atoms with E-state index in [0.717, 1.165) is 24.8 Å². The highest BCUT2D eigenvalue weighted by Gasteiger charge is 2.33. The summed E-state index contributed by atoms with van der Waals surface area (Å²) in [6.45, 7) is 4.01. The third-order valence-corrected chi connectivity index (χ3v) is 2.49. The molecule has 0 atom stereocenters. The summed E-state index contributed by atoms with van der Waals surface area (Å²) in [4.78, 5) is 23.4. The molecule has 1 aliphatic rings. The number of carbonyl (C=O) groups is 2. The second kappa shape index (κ2) is 6.30. The van der Waals surface area contributed by atoms with Crippen molar-refractivity contribution in [2.45, 2.75) is 33.1 Å². The Labute approximate surface area is 95.6 Å². The van der Waals surface area contributed by atoms with Gasteiger partial charge in [-0.1, -0.05) is 6.08 Å². The molecule has 0 bridgehead atoms. The first-order valence-electron chi connectivity index (χ1n) is 5.72. The van der Waals surface area contributed by atoms with E-state index in [2.05, 4.69) is 0 Å². The van der Waals surface area contributed by atoms with E-state index in [0.29, 0.717) is 0 Å². The van der Waals surface area contributed by atoms with Gasteiger partial charge < -0.3 is 9.47 Å². The van der Waals surface area contributed by atoms with E-state index in [-0.39, 0.29) is 13.2 Å². The molecule has 16 heavy (non-hydrogen) atoms. The van der Waals surface area contributed by atoms with Gasteiger partial charge in [0.05, 0.1) is 13.2 Å². The van der Waals surface area contributed by atoms with Gasteiger partial charge >= 0.3 is 11.9 Å². The molecule has 0 unspecified atom stereocenters. The molecule has 0 saturated carbocycles. The monoisotopic (exact) mass is 226 g/mol. The van der Waals surface area contributed by atoms with Crippen molar-refractivity contribution in [2.24, 2.45) is 5.92 Å². The van der Waals surface area contributed by atoms with Gasteiger partial charge in [0.2, 0.25) is 0 Å². The molecule has 0 saturated heterocycles. The van der Waals surface area contributed by atoms with Crippen LogP contribution in [0.5, 0.6) is 0 Å². The van der Waals surface area contributed by atoms with Gasteiger partial charge in [-0.3, -0.25) is 9.59 Å². The van der Waals surface area contributed by atoms with Crippen molar-refractivity contribution in [3.05, 3.63) is 11.6 Å². The van der Waals surface area contributed by atoms with Crippen molar-refractivity contribution in [3.63, 3.8) is 0 Å². The van der Waals surface area contributed by atoms with Crippen molar-refractivity contribution in [1.29, 1.82) is 0 Å². The van der Waals surface area contributed by atoms with E-state index in [9.17, 15) is 9.59 Å². The van der Waals surface area contributed by atoms with Gasteiger partial charge in [0.15, 0.2) is 5.92 Å². The number of allylic oxidation sites excluding steroid dienone is 1. The van der Waals surface area contributed by atoms with Crippen LogP contribution in [0.15, 0.2) is 11.6 Å². The van der Waals surface area contributed by atoms with Crippen LogP contribution < -0.4 is 0 Å². The molecule has 0 fully saturated rings. The number of carbonyl (C=O) groups excluding carboxylic acids is 2. The summed E-state index contributed by atoms with van der Waals surface area (Å²) in [6.07, 6.45) is 4.64. The van der Waals surface area contributed by atoms with Crippen LogP contribution in [0.25, 0.3) is 0 Å². The van der Waals surface area contributed by atoms with Crippen molar-refractivity contribution in [2.75, 3.05) is 13.2 Å². The van der Waals surface area contributed by atoms with Crippen molar-refractivity contribution in [1.82, 2.24) is 0 Å². The molecule has 0 heterocycles. The van der Waals surface area contributed by atoms with E-state index < -0.39 is 17.9 Å². The Hall–Kier alpha value is -1.32. The predicted octanol–water partition coefficient (Wildman–Crippen LogP) is 1.84. The van der Waals surface area contributed by atoms with Crippen LogP contribution in [-0.2, 0) is 19.1 Å². The normalized spacial score (nSPS) is 14.8. The maximum Gasteiger partial charge on any atom is 0.324 e. The van der Waals surface area contributed by atoms with Gasteiger partial charge in [0.1, 0.15) is 0 Å². The SMILES string of the molecule is CCOC(=O)C(C(=O)OCC)C1=CCCC1. The standard InChI is InChI=1S/C12H18O4/c1-3-15-11(13)10(12(14)16-4-2)9-7-5-6-8-9/h7,10H,3-6,8H2,1-2H3. The molecule has 0 aliphatic heterocycles. The predicted molar refractivity (Wildman–Crippen MR) is 58.7 cm³/mol. The number of esters is 2. The lowest BCUT2D eigenvalue weighted by Gasteiger charge is -2.15. The Morgan fingerprint density at radius 2 is 1.81 bits per heavy atom. The topological polar surface area (TPSA) is 52.6 Å². The van der Waals surface area contributed by atoms with Crippen molar-refractivity contribution >= 4 is 11.9 Å². The van der Waals surface area contributed by atoms with E-state index in [1.165, 1.54) is 0 Å². The Balaban J connectivity index is 2.75. The molecule has 90 valence electrons. The minimum absolute atomic E-state index is 0.280. The summed E-state index contributed by atoms with van der Waals surface area (Å²) in [5.41, 5.74) is 0.844. The second-order valence-corrected chi connectivity index (χ2v) is 3.61. The highest BCUT2D eigenvalue weighted by atomic mass is 16.6. The quantitative estimate of drug-likeness (QED) is 0.408. The Morgan fingerprint density at radius 1 is 1.25 bits per heavy atom. The van der Waals surface area contributed by atoms with Gasteiger partial charge in [-0.15, -0.1) is 0 Å². The van der Waals surface area contributed by atoms with Crippen LogP contribution in [0.1, 0.15) is 33.1 Å². The Bertz CT molecular complexity index is 275. The van der Waals surface area contributed by atoms with Crippen LogP contribution >= 0.6 is 0 Å². The lowest BCUT2D eigenvalue weighted by Crippen LogP contribution is -2.29. The molecule has 0 aromatic heterocycles. The molecule has 4 nitrogen and oxygen atoms in total. The zero-order valence-electron chi connectivity index (χ0n) is 9.82. The van der Waals surface area contributed by atoms with E-state index in [4.69, 9.17) is 9.47 Å². The second-order valence-electron chi connectivity index (χ2n) is 3.61. The molecule has 0 aromatic carbocycles. The number of hydrogen-bond acceptors (Lipinski definition) is 4. The lowest BCUT2D eigenvalue weighted by atomic mass is 9.99. The molecule has 4 heteroatoms. The number of rotatable bonds is 5. The number of hydrogen-bond donors (Lipinski definition) is 0. The molecule has 1 aliphatic carbocycles. The summed E-state index contributed by atoms with van der Waals surface area (Å²) < 4.78 is 9.81. The molecular formula is C12H18O4. The van der Waals surface area contributed by atoms with Gasteiger partial charge in [0, 0.05) is 0 Å². The van der Waals surface area contributed by atoms with Crippen LogP contribution in [0.4, 0.5) is 0 Å². The summed E-state index contributed by atoms with van der Waals surface area (Å²) in [5, 5.41) is 0. The Kier molecular flexibility index (Phi) is 5.02. The first-order chi connectivity index (χ1) is 7.70. The highest BCUT2D eigenvalue weighted by Crippen LogP contribution is 2.27. The fourth-order valence-electron chi connectivity index (χ4n) is 1.81. The largest absolute Gasteiger partial charge is 0.465 e. The fourth-order valence-corrected chi connectivity index (χ4v) is 1.81. The van der Waals surface area contributed by atoms with Crippen LogP contribution in [-0.4, -0.2) is 25.2 Å². The third-order valence-electron chi connectivity index (χ3n) is 2.49. The van der Waals surface area contributed by atoms with E-state index >= 15 is 0 Å². The van der Waals surface area contributed by atoms with Crippen LogP contribution in [0.3, 0.4) is 0 Å². The van der Waals surface area contributed by atoms with Gasteiger partial charge in [-0.2, -0.15) is 0 Å². The lowest BCUT2D eigenvalue weighted by molar-refractivity contribution is -0.159. The van der Waals surface area contributed by atoms with Crippen molar-refractivity contribution < 1.29 is 19.1 Å². The molecule has 1 rings (SSSR count). The summed E-state index contributed by atoms with van der Waals surface area (Å²) in [7, 11) is 0. The Morgan fingerprint density at radius 3 is 2.19 bits per heavy atom. The minimum atomic E-state index is -0.845. The van der Waals surface area contributed by atoms with Gasteiger partial charge in [-0.05, 0) is 38.7 Å². The zero-order chi connectivity index (χ0) is 12.0. The van der Waals surface area contributed by atoms with Crippen LogP contribution in [0.2, 0.25) is 0 Å². The van der Waals surface area contributed by atoms with Gasteiger partial charge in [0.25, 0.3) is 0 Å².